The van der Waals surface area contributed by atoms with Gasteiger partial charge in [0.15, 0.2) is 0 Å². The largest absolute Gasteiger partial charge is 0.301 e. The highest BCUT2D eigenvalue weighted by molar-refractivity contribution is 7.92. The van der Waals surface area contributed by atoms with Crippen molar-refractivity contribution in [1.29, 1.82) is 0 Å². The minimum Gasteiger partial charge on any atom is -0.301 e. The van der Waals surface area contributed by atoms with E-state index in [2.05, 4.69) is 5.10 Å². The summed E-state index contributed by atoms with van der Waals surface area (Å²) >= 11 is 6.10. The predicted octanol–water partition coefficient (Wildman–Crippen LogP) is 2.59. The van der Waals surface area contributed by atoms with Crippen molar-refractivity contribution >= 4 is 38.6 Å². The number of aromatic nitrogens is 3. The molecule has 23 heavy (non-hydrogen) atoms. The molecule has 120 valence electrons. The van der Waals surface area contributed by atoms with E-state index in [-0.39, 0.29) is 0 Å². The van der Waals surface area contributed by atoms with E-state index in [0.717, 1.165) is 22.1 Å². The quantitative estimate of drug-likeness (QED) is 0.788. The molecular formula is C15H15ClN4O2S. The number of halogens is 1. The van der Waals surface area contributed by atoms with Crippen molar-refractivity contribution in [2.75, 3.05) is 0 Å². The molecule has 3 rings (SSSR count). The van der Waals surface area contributed by atoms with Crippen LogP contribution in [0, 0.1) is 6.92 Å². The van der Waals surface area contributed by atoms with Gasteiger partial charge in [-0.1, -0.05) is 17.7 Å². The molecule has 0 aliphatic rings. The molecule has 1 aromatic carbocycles. The van der Waals surface area contributed by atoms with Gasteiger partial charge in [0.2, 0.25) is 10.0 Å². The fourth-order valence-corrected chi connectivity index (χ4v) is 3.08. The fraction of sp³-hybridized carbons (Fsp3) is 0.133. The summed E-state index contributed by atoms with van der Waals surface area (Å²) < 4.78 is 26.0. The van der Waals surface area contributed by atoms with Gasteiger partial charge in [0.05, 0.1) is 11.2 Å². The topological polar surface area (TPSA) is 82.9 Å². The van der Waals surface area contributed by atoms with Crippen LogP contribution in [0.15, 0.2) is 35.9 Å². The first kappa shape index (κ1) is 15.8. The first-order valence-corrected chi connectivity index (χ1v) is 8.76. The maximum atomic E-state index is 11.2. The summed E-state index contributed by atoms with van der Waals surface area (Å²) in [5, 5.41) is 12.0. The van der Waals surface area contributed by atoms with E-state index in [1.807, 2.05) is 42.0 Å². The van der Waals surface area contributed by atoms with Crippen LogP contribution in [0.3, 0.4) is 0 Å². The van der Waals surface area contributed by atoms with Crippen LogP contribution >= 0.6 is 11.6 Å². The Morgan fingerprint density at radius 1 is 1.30 bits per heavy atom. The van der Waals surface area contributed by atoms with Crippen LogP contribution in [0.25, 0.3) is 22.8 Å². The number of hydrogen-bond donors (Lipinski definition) is 1. The predicted molar refractivity (Wildman–Crippen MR) is 91.9 cm³/mol. The summed E-state index contributed by atoms with van der Waals surface area (Å²) in [4.78, 5) is 0. The van der Waals surface area contributed by atoms with Gasteiger partial charge in [-0.25, -0.2) is 13.6 Å². The second-order valence-electron chi connectivity index (χ2n) is 5.23. The van der Waals surface area contributed by atoms with Crippen LogP contribution in [0.1, 0.15) is 11.3 Å². The number of fused-ring (bicyclic) bond motifs is 1. The maximum Gasteiger partial charge on any atom is 0.231 e. The monoisotopic (exact) mass is 350 g/mol. The number of primary sulfonamides is 1. The van der Waals surface area contributed by atoms with E-state index in [1.54, 1.807) is 11.7 Å². The SMILES string of the molecule is Cc1nn(C)c(-n2ccc3ccc(Cl)cc32)c1/C=C/S(N)(=O)=O. The second kappa shape index (κ2) is 5.52. The van der Waals surface area contributed by atoms with E-state index in [4.69, 9.17) is 16.7 Å². The molecule has 6 nitrogen and oxygen atoms in total. The number of benzene rings is 1. The minimum atomic E-state index is -3.71. The van der Waals surface area contributed by atoms with Gasteiger partial charge in [-0.3, -0.25) is 4.68 Å². The second-order valence-corrected chi connectivity index (χ2v) is 7.11. The summed E-state index contributed by atoms with van der Waals surface area (Å²) in [6.07, 6.45) is 3.36. The number of sulfonamides is 1. The van der Waals surface area contributed by atoms with Crippen molar-refractivity contribution in [2.45, 2.75) is 6.92 Å². The molecule has 0 radical (unpaired) electrons. The molecule has 0 fully saturated rings. The molecule has 0 unspecified atom stereocenters. The summed E-state index contributed by atoms with van der Waals surface area (Å²) in [6.45, 7) is 1.81. The molecule has 0 spiro atoms. The first-order chi connectivity index (χ1) is 10.8. The summed E-state index contributed by atoms with van der Waals surface area (Å²) in [6, 6.07) is 7.56. The molecular weight excluding hydrogens is 336 g/mol. The molecule has 0 aliphatic carbocycles. The molecule has 8 heteroatoms. The minimum absolute atomic E-state index is 0.623. The van der Waals surface area contributed by atoms with Crippen molar-refractivity contribution in [3.8, 4) is 5.82 Å². The van der Waals surface area contributed by atoms with E-state index in [0.29, 0.717) is 16.3 Å². The molecule has 0 bridgehead atoms. The lowest BCUT2D eigenvalue weighted by atomic mass is 10.2. The highest BCUT2D eigenvalue weighted by Crippen LogP contribution is 2.27. The summed E-state index contributed by atoms with van der Waals surface area (Å²) in [5.41, 5.74) is 2.29. The fourth-order valence-electron chi connectivity index (χ4n) is 2.59. The number of rotatable bonds is 3. The molecule has 2 heterocycles. The third-order valence-electron chi connectivity index (χ3n) is 3.54. The lowest BCUT2D eigenvalue weighted by Crippen LogP contribution is -2.07. The molecule has 2 aromatic heterocycles. The van der Waals surface area contributed by atoms with E-state index in [9.17, 15) is 8.42 Å². The van der Waals surface area contributed by atoms with Crippen molar-refractivity contribution in [2.24, 2.45) is 12.2 Å². The number of nitrogens with two attached hydrogens (primary N) is 1. The maximum absolute atomic E-state index is 11.2. The Bertz CT molecular complexity index is 1030. The third-order valence-corrected chi connectivity index (χ3v) is 4.30. The van der Waals surface area contributed by atoms with Crippen LogP contribution in [-0.4, -0.2) is 22.8 Å². The Kier molecular flexibility index (Phi) is 3.79. The zero-order valence-corrected chi connectivity index (χ0v) is 14.1. The molecule has 3 aromatic rings. The Balaban J connectivity index is 2.27. The third kappa shape index (κ3) is 3.03. The lowest BCUT2D eigenvalue weighted by Gasteiger charge is -2.08. The highest BCUT2D eigenvalue weighted by atomic mass is 35.5. The Morgan fingerprint density at radius 3 is 2.74 bits per heavy atom. The normalized spacial score (nSPS) is 12.5. The Morgan fingerprint density at radius 2 is 2.04 bits per heavy atom. The Labute approximate surface area is 138 Å². The van der Waals surface area contributed by atoms with E-state index >= 15 is 0 Å². The molecule has 0 amide bonds. The first-order valence-electron chi connectivity index (χ1n) is 6.78. The Hall–Kier alpha value is -2.09. The molecule has 0 saturated carbocycles. The molecule has 0 aliphatic heterocycles. The highest BCUT2D eigenvalue weighted by Gasteiger charge is 2.15. The van der Waals surface area contributed by atoms with Crippen LogP contribution in [0.2, 0.25) is 5.02 Å². The van der Waals surface area contributed by atoms with Crippen LogP contribution in [0.5, 0.6) is 0 Å². The van der Waals surface area contributed by atoms with Gasteiger partial charge >= 0.3 is 0 Å². The van der Waals surface area contributed by atoms with Crippen molar-refractivity contribution in [3.63, 3.8) is 0 Å². The molecule has 0 atom stereocenters. The number of aryl methyl sites for hydroxylation is 2. The zero-order chi connectivity index (χ0) is 16.8. The van der Waals surface area contributed by atoms with Gasteiger partial charge in [0.1, 0.15) is 5.82 Å². The average Bonchev–Trinajstić information content (AvgIpc) is 2.95. The molecule has 0 saturated heterocycles. The summed E-state index contributed by atoms with van der Waals surface area (Å²) in [7, 11) is -1.91. The van der Waals surface area contributed by atoms with Gasteiger partial charge in [0, 0.05) is 34.6 Å². The number of hydrogen-bond acceptors (Lipinski definition) is 3. The zero-order valence-electron chi connectivity index (χ0n) is 12.6. The van der Waals surface area contributed by atoms with Crippen molar-refractivity contribution in [3.05, 3.63) is 52.2 Å². The van der Waals surface area contributed by atoms with Gasteiger partial charge in [0.25, 0.3) is 0 Å². The lowest BCUT2D eigenvalue weighted by molar-refractivity contribution is 0.606. The van der Waals surface area contributed by atoms with Gasteiger partial charge in [-0.2, -0.15) is 5.10 Å². The van der Waals surface area contributed by atoms with Crippen LogP contribution < -0.4 is 5.14 Å². The smallest absolute Gasteiger partial charge is 0.231 e. The summed E-state index contributed by atoms with van der Waals surface area (Å²) in [5.74, 6) is 0.736. The van der Waals surface area contributed by atoms with Crippen molar-refractivity contribution in [1.82, 2.24) is 14.3 Å². The van der Waals surface area contributed by atoms with Gasteiger partial charge in [-0.15, -0.1) is 0 Å². The number of nitrogens with zero attached hydrogens (tertiary/aromatic N) is 3. The average molecular weight is 351 g/mol. The van der Waals surface area contributed by atoms with Gasteiger partial charge < -0.3 is 4.57 Å². The van der Waals surface area contributed by atoms with Crippen LogP contribution in [0.4, 0.5) is 0 Å². The van der Waals surface area contributed by atoms with E-state index < -0.39 is 10.0 Å². The van der Waals surface area contributed by atoms with Crippen molar-refractivity contribution < 1.29 is 8.42 Å². The van der Waals surface area contributed by atoms with Crippen LogP contribution in [-0.2, 0) is 17.1 Å². The standard InChI is InChI=1S/C15H15ClN4O2S/c1-10-13(6-8-23(17,21)22)15(19(2)18-10)20-7-5-11-3-4-12(16)9-14(11)20/h3-9H,1-2H3,(H2,17,21,22)/b8-6+. The van der Waals surface area contributed by atoms with E-state index in [1.165, 1.54) is 6.08 Å². The molecule has 2 N–H and O–H groups in total. The van der Waals surface area contributed by atoms with Gasteiger partial charge in [-0.05, 0) is 31.2 Å².